The second-order valence-corrected chi connectivity index (χ2v) is 14.7. The molecule has 3 saturated carbocycles. The molecule has 0 saturated heterocycles. The SMILES string of the molecule is CC(=O)N[C@@H](C(=O)NC1CN(CC(C)(F)F)Cc2cc(NC(=O)[C@@H](NC(=O)c3ccnn3C(C)C)C(C3CC3)C3CC3)ccc21)C1CC1. The molecule has 2 heterocycles. The number of rotatable bonds is 14. The van der Waals surface area contributed by atoms with Gasteiger partial charge in [0.1, 0.15) is 17.8 Å². The van der Waals surface area contributed by atoms with Gasteiger partial charge < -0.3 is 21.3 Å². The maximum Gasteiger partial charge on any atom is 0.270 e. The van der Waals surface area contributed by atoms with Crippen molar-refractivity contribution in [3.63, 3.8) is 0 Å². The Balaban J connectivity index is 1.23. The minimum Gasteiger partial charge on any atom is -0.346 e. The Morgan fingerprint density at radius 2 is 1.62 bits per heavy atom. The van der Waals surface area contributed by atoms with E-state index in [2.05, 4.69) is 26.4 Å². The highest BCUT2D eigenvalue weighted by atomic mass is 19.3. The van der Waals surface area contributed by atoms with Gasteiger partial charge >= 0.3 is 0 Å². The number of benzene rings is 1. The van der Waals surface area contributed by atoms with E-state index in [-0.39, 0.29) is 54.6 Å². The summed E-state index contributed by atoms with van der Waals surface area (Å²) in [6.45, 7) is 6.00. The Bertz CT molecular complexity index is 1530. The number of nitrogens with zero attached hydrogens (tertiary/aromatic N) is 3. The molecule has 1 aromatic heterocycles. The predicted octanol–water partition coefficient (Wildman–Crippen LogP) is 4.18. The first kappa shape index (κ1) is 34.0. The highest BCUT2D eigenvalue weighted by molar-refractivity contribution is 6.01. The molecule has 4 aliphatic rings. The molecule has 1 aromatic carbocycles. The molecule has 260 valence electrons. The molecule has 1 unspecified atom stereocenters. The highest BCUT2D eigenvalue weighted by Crippen LogP contribution is 2.51. The van der Waals surface area contributed by atoms with Crippen LogP contribution >= 0.6 is 0 Å². The molecule has 11 nitrogen and oxygen atoms in total. The summed E-state index contributed by atoms with van der Waals surface area (Å²) in [4.78, 5) is 54.3. The van der Waals surface area contributed by atoms with E-state index in [0.717, 1.165) is 51.0 Å². The van der Waals surface area contributed by atoms with Crippen molar-refractivity contribution in [1.82, 2.24) is 30.6 Å². The van der Waals surface area contributed by atoms with Gasteiger partial charge in [-0.3, -0.25) is 28.8 Å². The van der Waals surface area contributed by atoms with Crippen LogP contribution in [0, 0.1) is 23.7 Å². The van der Waals surface area contributed by atoms with Crippen molar-refractivity contribution in [2.24, 2.45) is 23.7 Å². The lowest BCUT2D eigenvalue weighted by Gasteiger charge is -2.37. The maximum atomic E-state index is 14.2. The topological polar surface area (TPSA) is 137 Å². The number of halogens is 2. The van der Waals surface area contributed by atoms with Crippen LogP contribution in [0.1, 0.15) is 99.9 Å². The summed E-state index contributed by atoms with van der Waals surface area (Å²) in [5.74, 6) is -3.44. The number of carbonyl (C=O) groups is 4. The van der Waals surface area contributed by atoms with Gasteiger partial charge in [0.2, 0.25) is 17.7 Å². The van der Waals surface area contributed by atoms with Crippen LogP contribution in [0.4, 0.5) is 14.5 Å². The van der Waals surface area contributed by atoms with Gasteiger partial charge in [0.25, 0.3) is 11.8 Å². The molecule has 48 heavy (non-hydrogen) atoms. The van der Waals surface area contributed by atoms with Crippen LogP contribution in [0.25, 0.3) is 0 Å². The number of anilines is 1. The average molecular weight is 668 g/mol. The van der Waals surface area contributed by atoms with Crippen LogP contribution in [-0.4, -0.2) is 69.4 Å². The fourth-order valence-corrected chi connectivity index (χ4v) is 7.34. The third-order valence-corrected chi connectivity index (χ3v) is 9.85. The molecule has 0 bridgehead atoms. The first-order valence-electron chi connectivity index (χ1n) is 17.2. The molecule has 3 aliphatic carbocycles. The van der Waals surface area contributed by atoms with E-state index < -0.39 is 30.6 Å². The van der Waals surface area contributed by atoms with Gasteiger partial charge in [-0.05, 0) is 105 Å². The smallest absolute Gasteiger partial charge is 0.270 e. The van der Waals surface area contributed by atoms with Crippen molar-refractivity contribution in [2.75, 3.05) is 18.4 Å². The van der Waals surface area contributed by atoms with Crippen molar-refractivity contribution in [1.29, 1.82) is 0 Å². The summed E-state index contributed by atoms with van der Waals surface area (Å²) in [5, 5.41) is 16.1. The van der Waals surface area contributed by atoms with Crippen LogP contribution in [0.3, 0.4) is 0 Å². The Morgan fingerprint density at radius 1 is 0.958 bits per heavy atom. The number of alkyl halides is 2. The van der Waals surface area contributed by atoms with Crippen LogP contribution in [-0.2, 0) is 20.9 Å². The van der Waals surface area contributed by atoms with Gasteiger partial charge in [0.05, 0.1) is 12.6 Å². The minimum atomic E-state index is -2.96. The molecule has 13 heteroatoms. The lowest BCUT2D eigenvalue weighted by molar-refractivity contribution is -0.129. The molecular weight excluding hydrogens is 620 g/mol. The highest BCUT2D eigenvalue weighted by Gasteiger charge is 2.48. The molecule has 1 aliphatic heterocycles. The van der Waals surface area contributed by atoms with Gasteiger partial charge in [-0.2, -0.15) is 5.10 Å². The van der Waals surface area contributed by atoms with E-state index in [1.807, 2.05) is 19.9 Å². The van der Waals surface area contributed by atoms with E-state index in [0.29, 0.717) is 28.8 Å². The number of hydrogen-bond donors (Lipinski definition) is 4. The Morgan fingerprint density at radius 3 is 2.21 bits per heavy atom. The van der Waals surface area contributed by atoms with Crippen LogP contribution < -0.4 is 21.3 Å². The Labute approximate surface area is 279 Å². The third-order valence-electron chi connectivity index (χ3n) is 9.85. The summed E-state index contributed by atoms with van der Waals surface area (Å²) in [6.07, 6.45) is 7.35. The second-order valence-electron chi connectivity index (χ2n) is 14.7. The maximum absolute atomic E-state index is 14.2. The summed E-state index contributed by atoms with van der Waals surface area (Å²) < 4.78 is 30.1. The van der Waals surface area contributed by atoms with Crippen molar-refractivity contribution < 1.29 is 28.0 Å². The van der Waals surface area contributed by atoms with E-state index in [1.165, 1.54) is 6.92 Å². The van der Waals surface area contributed by atoms with Gasteiger partial charge in [-0.1, -0.05) is 6.07 Å². The average Bonchev–Trinajstić information content (AvgIpc) is 3.86. The number of fused-ring (bicyclic) bond motifs is 1. The molecule has 6 rings (SSSR count). The number of amides is 4. The molecule has 0 spiro atoms. The fraction of sp³-hybridized carbons (Fsp3) is 0.629. The summed E-state index contributed by atoms with van der Waals surface area (Å²) >= 11 is 0. The lowest BCUT2D eigenvalue weighted by Crippen LogP contribution is -2.51. The quantitative estimate of drug-likeness (QED) is 0.239. The van der Waals surface area contributed by atoms with Gasteiger partial charge in [-0.25, -0.2) is 8.78 Å². The largest absolute Gasteiger partial charge is 0.346 e. The zero-order valence-corrected chi connectivity index (χ0v) is 28.1. The molecule has 4 N–H and O–H groups in total. The molecule has 3 atom stereocenters. The predicted molar refractivity (Wildman–Crippen MR) is 175 cm³/mol. The number of hydrogen-bond acceptors (Lipinski definition) is 6. The van der Waals surface area contributed by atoms with Crippen molar-refractivity contribution in [3.8, 4) is 0 Å². The van der Waals surface area contributed by atoms with Crippen LogP contribution in [0.5, 0.6) is 0 Å². The molecule has 3 fully saturated rings. The summed E-state index contributed by atoms with van der Waals surface area (Å²) in [6, 6.07) is 4.95. The monoisotopic (exact) mass is 667 g/mol. The Hall–Kier alpha value is -3.87. The first-order chi connectivity index (χ1) is 22.8. The van der Waals surface area contributed by atoms with E-state index in [4.69, 9.17) is 0 Å². The molecule has 4 amide bonds. The van der Waals surface area contributed by atoms with E-state index >= 15 is 0 Å². The van der Waals surface area contributed by atoms with Gasteiger partial charge in [0, 0.05) is 44.9 Å². The summed E-state index contributed by atoms with van der Waals surface area (Å²) in [5.41, 5.74) is 2.36. The summed E-state index contributed by atoms with van der Waals surface area (Å²) in [7, 11) is 0. The van der Waals surface area contributed by atoms with Crippen LogP contribution in [0.15, 0.2) is 30.5 Å². The molecule has 2 aromatic rings. The van der Waals surface area contributed by atoms with Crippen molar-refractivity contribution in [2.45, 2.75) is 103 Å². The fourth-order valence-electron chi connectivity index (χ4n) is 7.34. The number of aromatic nitrogens is 2. The lowest BCUT2D eigenvalue weighted by atomic mass is 9.88. The zero-order chi connectivity index (χ0) is 34.3. The van der Waals surface area contributed by atoms with E-state index in [1.54, 1.807) is 34.0 Å². The zero-order valence-electron chi connectivity index (χ0n) is 28.1. The Kier molecular flexibility index (Phi) is 9.61. The minimum absolute atomic E-state index is 0.0203. The first-order valence-corrected chi connectivity index (χ1v) is 17.2. The second kappa shape index (κ2) is 13.6. The molecule has 0 radical (unpaired) electrons. The van der Waals surface area contributed by atoms with Crippen LogP contribution in [0.2, 0.25) is 0 Å². The van der Waals surface area contributed by atoms with Crippen molar-refractivity contribution >= 4 is 29.3 Å². The van der Waals surface area contributed by atoms with Crippen molar-refractivity contribution in [3.05, 3.63) is 47.3 Å². The van der Waals surface area contributed by atoms with Gasteiger partial charge in [0.15, 0.2) is 0 Å². The number of nitrogens with one attached hydrogen (secondary N) is 4. The molecular formula is C35H47F2N7O4. The standard InChI is InChI=1S/C35H47F2N7O4/c1-19(2)44-28(13-14-38-44)32(46)42-31(29(21-5-6-21)22-7-8-22)34(48)40-25-11-12-26-24(15-25)16-43(18-35(4,36)37)17-27(26)41-33(47)30(23-9-10-23)39-20(3)45/h11-15,19,21-23,27,29-31H,5-10,16-18H2,1-4H3,(H,39,45)(H,40,48)(H,41,47)(H,42,46)/t27?,30-,31+/m1/s1. The van der Waals surface area contributed by atoms with Gasteiger partial charge in [-0.15, -0.1) is 0 Å². The normalized spacial score (nSPS) is 21.0. The number of carbonyl (C=O) groups excluding carboxylic acids is 4. The van der Waals surface area contributed by atoms with E-state index in [9.17, 15) is 28.0 Å². The third kappa shape index (κ3) is 8.22.